The molecule has 1 saturated carbocycles. The van der Waals surface area contributed by atoms with Crippen molar-refractivity contribution in [2.75, 3.05) is 5.32 Å². The number of hydrogen-bond acceptors (Lipinski definition) is 6. The Morgan fingerprint density at radius 3 is 2.18 bits per heavy atom. The average molecular weight is 385 g/mol. The number of benzene rings is 1. The molecule has 8 heteroatoms. The summed E-state index contributed by atoms with van der Waals surface area (Å²) in [5, 5.41) is 10.3. The van der Waals surface area contributed by atoms with E-state index in [1.165, 1.54) is 23.5 Å². The van der Waals surface area contributed by atoms with Crippen molar-refractivity contribution in [1.82, 2.24) is 20.2 Å². The summed E-state index contributed by atoms with van der Waals surface area (Å²) in [5.74, 6) is -0.275. The van der Waals surface area contributed by atoms with Crippen LogP contribution in [0.25, 0.3) is 11.5 Å². The molecule has 1 fully saturated rings. The van der Waals surface area contributed by atoms with Crippen LogP contribution in [0.15, 0.2) is 41.1 Å². The molecular formula is C20H21F2N5O. The van der Waals surface area contributed by atoms with Crippen molar-refractivity contribution in [3.63, 3.8) is 0 Å². The average Bonchev–Trinajstić information content (AvgIpc) is 3.26. The Labute approximate surface area is 161 Å². The van der Waals surface area contributed by atoms with Gasteiger partial charge in [0.2, 0.25) is 5.95 Å². The minimum Gasteiger partial charge on any atom is -0.415 e. The molecule has 0 unspecified atom stereocenters. The molecule has 2 aromatic heterocycles. The lowest BCUT2D eigenvalue weighted by Gasteiger charge is -2.22. The van der Waals surface area contributed by atoms with E-state index >= 15 is 0 Å². The second kappa shape index (κ2) is 6.61. The first-order valence-electron chi connectivity index (χ1n) is 9.10. The van der Waals surface area contributed by atoms with Gasteiger partial charge in [-0.25, -0.2) is 9.97 Å². The Hall–Kier alpha value is -2.90. The number of nitrogens with zero attached hydrogens (tertiary/aromatic N) is 4. The molecular weight excluding hydrogens is 364 g/mol. The third kappa shape index (κ3) is 3.58. The Morgan fingerprint density at radius 2 is 1.68 bits per heavy atom. The molecule has 1 aliphatic carbocycles. The lowest BCUT2D eigenvalue weighted by molar-refractivity contribution is 0.116. The van der Waals surface area contributed by atoms with E-state index in [2.05, 4.69) is 70.5 Å². The number of halogens is 2. The maximum absolute atomic E-state index is 12.6. The molecule has 1 N–H and O–H groups in total. The molecule has 0 radical (unpaired) electrons. The van der Waals surface area contributed by atoms with Gasteiger partial charge >= 0.3 is 6.43 Å². The predicted molar refractivity (Wildman–Crippen MR) is 100.0 cm³/mol. The highest BCUT2D eigenvalue weighted by molar-refractivity contribution is 5.51. The fourth-order valence-corrected chi connectivity index (χ4v) is 3.06. The van der Waals surface area contributed by atoms with Crippen molar-refractivity contribution in [1.29, 1.82) is 0 Å². The first-order valence-corrected chi connectivity index (χ1v) is 9.10. The van der Waals surface area contributed by atoms with Crippen LogP contribution in [0, 0.1) is 0 Å². The Balaban J connectivity index is 1.49. The summed E-state index contributed by atoms with van der Waals surface area (Å²) in [6, 6.07) is 8.63. The van der Waals surface area contributed by atoms with Crippen molar-refractivity contribution >= 4 is 5.95 Å². The van der Waals surface area contributed by atoms with Crippen molar-refractivity contribution in [2.24, 2.45) is 0 Å². The quantitative estimate of drug-likeness (QED) is 0.676. The second-order valence-corrected chi connectivity index (χ2v) is 8.08. The molecule has 2 heterocycles. The molecule has 0 bridgehead atoms. The van der Waals surface area contributed by atoms with Gasteiger partial charge in [0.1, 0.15) is 0 Å². The highest BCUT2D eigenvalue weighted by Crippen LogP contribution is 2.48. The maximum atomic E-state index is 12.6. The first-order chi connectivity index (χ1) is 13.3. The molecule has 0 amide bonds. The lowest BCUT2D eigenvalue weighted by Crippen LogP contribution is -2.21. The summed E-state index contributed by atoms with van der Waals surface area (Å²) < 4.78 is 30.1. The highest BCUT2D eigenvalue weighted by atomic mass is 19.3. The number of hydrogen-bond donors (Lipinski definition) is 1. The van der Waals surface area contributed by atoms with Gasteiger partial charge < -0.3 is 9.73 Å². The summed E-state index contributed by atoms with van der Waals surface area (Å²) in [7, 11) is 0. The van der Waals surface area contributed by atoms with Gasteiger partial charge in [-0.05, 0) is 29.4 Å². The standard InChI is InChI=1S/C20H21F2N5O/c1-19(2,3)13-4-6-14(7-5-13)20(8-9-20)25-18-23-10-12(11-24-18)16-26-27-17(28-16)15(21)22/h4-7,10-11,15H,8-9H2,1-3H3,(H,23,24,25). The van der Waals surface area contributed by atoms with E-state index in [0.717, 1.165) is 12.8 Å². The van der Waals surface area contributed by atoms with Gasteiger partial charge in [0.15, 0.2) is 0 Å². The van der Waals surface area contributed by atoms with Crippen LogP contribution in [0.3, 0.4) is 0 Å². The molecule has 6 nitrogen and oxygen atoms in total. The van der Waals surface area contributed by atoms with Gasteiger partial charge in [-0.3, -0.25) is 0 Å². The van der Waals surface area contributed by atoms with E-state index in [9.17, 15) is 8.78 Å². The van der Waals surface area contributed by atoms with Crippen molar-refractivity contribution in [3.05, 3.63) is 53.7 Å². The van der Waals surface area contributed by atoms with Gasteiger partial charge in [-0.2, -0.15) is 8.78 Å². The fourth-order valence-electron chi connectivity index (χ4n) is 3.06. The van der Waals surface area contributed by atoms with Crippen LogP contribution in [-0.4, -0.2) is 20.2 Å². The van der Waals surface area contributed by atoms with E-state index in [-0.39, 0.29) is 16.8 Å². The zero-order valence-electron chi connectivity index (χ0n) is 15.9. The Bertz CT molecular complexity index is 958. The van der Waals surface area contributed by atoms with E-state index in [1.807, 2.05) is 0 Å². The summed E-state index contributed by atoms with van der Waals surface area (Å²) >= 11 is 0. The molecule has 0 saturated heterocycles. The molecule has 1 aliphatic rings. The van der Waals surface area contributed by atoms with Gasteiger partial charge in [0.25, 0.3) is 11.8 Å². The topological polar surface area (TPSA) is 76.7 Å². The van der Waals surface area contributed by atoms with E-state index in [1.54, 1.807) is 0 Å². The van der Waals surface area contributed by atoms with Crippen molar-refractivity contribution in [3.8, 4) is 11.5 Å². The molecule has 1 aromatic carbocycles. The normalized spacial score (nSPS) is 15.6. The predicted octanol–water partition coefficient (Wildman–Crippen LogP) is 4.86. The molecule has 146 valence electrons. The van der Waals surface area contributed by atoms with Gasteiger partial charge in [0, 0.05) is 12.4 Å². The van der Waals surface area contributed by atoms with Crippen molar-refractivity contribution in [2.45, 2.75) is 51.0 Å². The monoisotopic (exact) mass is 385 g/mol. The first kappa shape index (κ1) is 18.5. The van der Waals surface area contributed by atoms with Crippen LogP contribution in [0.5, 0.6) is 0 Å². The largest absolute Gasteiger partial charge is 0.415 e. The van der Waals surface area contributed by atoms with Crippen LogP contribution in [-0.2, 0) is 11.0 Å². The zero-order chi connectivity index (χ0) is 19.9. The third-order valence-electron chi connectivity index (χ3n) is 4.93. The summed E-state index contributed by atoms with van der Waals surface area (Å²) in [4.78, 5) is 8.56. The lowest BCUT2D eigenvalue weighted by atomic mass is 9.86. The summed E-state index contributed by atoms with van der Waals surface area (Å²) in [5.41, 5.74) is 2.83. The number of anilines is 1. The van der Waals surface area contributed by atoms with Crippen LogP contribution in [0.4, 0.5) is 14.7 Å². The maximum Gasteiger partial charge on any atom is 0.314 e. The van der Waals surface area contributed by atoms with Gasteiger partial charge in [0.05, 0.1) is 11.1 Å². The Kier molecular flexibility index (Phi) is 4.36. The summed E-state index contributed by atoms with van der Waals surface area (Å²) in [6.07, 6.45) is 2.15. The van der Waals surface area contributed by atoms with Gasteiger partial charge in [-0.1, -0.05) is 45.0 Å². The van der Waals surface area contributed by atoms with Crippen LogP contribution < -0.4 is 5.32 Å². The smallest absolute Gasteiger partial charge is 0.314 e. The number of rotatable bonds is 5. The summed E-state index contributed by atoms with van der Waals surface area (Å²) in [6.45, 7) is 6.57. The number of aromatic nitrogens is 4. The molecule has 3 aromatic rings. The SMILES string of the molecule is CC(C)(C)c1ccc(C2(Nc3ncc(-c4nnc(C(F)F)o4)cn3)CC2)cc1. The molecule has 28 heavy (non-hydrogen) atoms. The van der Waals surface area contributed by atoms with E-state index < -0.39 is 12.3 Å². The zero-order valence-corrected chi connectivity index (χ0v) is 15.9. The van der Waals surface area contributed by atoms with Crippen LogP contribution in [0.2, 0.25) is 0 Å². The third-order valence-corrected chi connectivity index (χ3v) is 4.93. The van der Waals surface area contributed by atoms with Crippen LogP contribution >= 0.6 is 0 Å². The van der Waals surface area contributed by atoms with Crippen LogP contribution in [0.1, 0.15) is 57.1 Å². The number of alkyl halides is 2. The highest BCUT2D eigenvalue weighted by Gasteiger charge is 2.45. The van der Waals surface area contributed by atoms with Crippen molar-refractivity contribution < 1.29 is 13.2 Å². The molecule has 4 rings (SSSR count). The molecule has 0 spiro atoms. The Morgan fingerprint density at radius 1 is 1.04 bits per heavy atom. The second-order valence-electron chi connectivity index (χ2n) is 8.08. The van der Waals surface area contributed by atoms with E-state index in [4.69, 9.17) is 4.42 Å². The molecule has 0 aliphatic heterocycles. The molecule has 0 atom stereocenters. The minimum atomic E-state index is -2.80. The van der Waals surface area contributed by atoms with Gasteiger partial charge in [-0.15, -0.1) is 10.2 Å². The number of nitrogens with one attached hydrogen (secondary N) is 1. The fraction of sp³-hybridized carbons (Fsp3) is 0.400. The van der Waals surface area contributed by atoms with E-state index in [0.29, 0.717) is 11.5 Å². The minimum absolute atomic E-state index is 0.0271.